The number of carbonyl (C=O) groups excluding carboxylic acids is 2. The van der Waals surface area contributed by atoms with Crippen molar-refractivity contribution in [2.45, 2.75) is 13.0 Å². The molecule has 2 aliphatic rings. The molecule has 1 atom stereocenters. The quantitative estimate of drug-likeness (QED) is 0.662. The molecule has 0 fully saturated rings. The maximum absolute atomic E-state index is 12.2. The number of anilines is 1. The summed E-state index contributed by atoms with van der Waals surface area (Å²) in [4.78, 5) is 24.9. The summed E-state index contributed by atoms with van der Waals surface area (Å²) in [7, 11) is 0. The van der Waals surface area contributed by atoms with Crippen LogP contribution < -0.4 is 14.8 Å². The molecule has 0 aromatic heterocycles. The van der Waals surface area contributed by atoms with Crippen molar-refractivity contribution in [2.75, 3.05) is 25.3 Å². The van der Waals surface area contributed by atoms with Crippen LogP contribution in [-0.4, -0.2) is 46.9 Å². The number of β-amino-alcohol motifs (C(OH)–C–C–N with tert-alkyl or cyclic N) is 1. The van der Waals surface area contributed by atoms with E-state index in [9.17, 15) is 14.7 Å². The second-order valence-electron chi connectivity index (χ2n) is 5.17. The molecule has 1 aromatic rings. The lowest BCUT2D eigenvalue weighted by Gasteiger charge is -2.17. The van der Waals surface area contributed by atoms with Crippen LogP contribution in [0.5, 0.6) is 11.5 Å². The Balaban J connectivity index is 1.90. The molecule has 23 heavy (non-hydrogen) atoms. The number of imide groups is 1. The number of ether oxygens (including phenoxy) is 2. The second kappa shape index (κ2) is 5.90. The van der Waals surface area contributed by atoms with Gasteiger partial charge in [-0.3, -0.25) is 14.5 Å². The highest BCUT2D eigenvalue weighted by Gasteiger charge is 2.31. The Morgan fingerprint density at radius 3 is 2.65 bits per heavy atom. The van der Waals surface area contributed by atoms with E-state index in [-0.39, 0.29) is 25.6 Å². The number of aliphatic hydroxyl groups is 2. The van der Waals surface area contributed by atoms with Gasteiger partial charge in [-0.05, 0) is 13.0 Å². The van der Waals surface area contributed by atoms with E-state index in [1.54, 1.807) is 19.1 Å². The molecule has 0 saturated heterocycles. The molecule has 0 aliphatic carbocycles. The monoisotopic (exact) mass is 320 g/mol. The van der Waals surface area contributed by atoms with Gasteiger partial charge in [-0.25, -0.2) is 0 Å². The Labute approximate surface area is 131 Å². The van der Waals surface area contributed by atoms with E-state index in [1.165, 1.54) is 0 Å². The minimum absolute atomic E-state index is 0.0657. The van der Waals surface area contributed by atoms with Gasteiger partial charge in [0.05, 0.1) is 19.3 Å². The Hall–Kier alpha value is -2.58. The first-order chi connectivity index (χ1) is 11.0. The first kappa shape index (κ1) is 15.3. The van der Waals surface area contributed by atoms with Gasteiger partial charge < -0.3 is 25.0 Å². The van der Waals surface area contributed by atoms with Crippen LogP contribution in [0, 0.1) is 0 Å². The summed E-state index contributed by atoms with van der Waals surface area (Å²) >= 11 is 0. The zero-order valence-electron chi connectivity index (χ0n) is 12.4. The van der Waals surface area contributed by atoms with Crippen LogP contribution in [0.15, 0.2) is 23.9 Å². The summed E-state index contributed by atoms with van der Waals surface area (Å²) in [6.07, 6.45) is 0.349. The zero-order chi connectivity index (χ0) is 16.6. The van der Waals surface area contributed by atoms with Gasteiger partial charge in [0.1, 0.15) is 5.70 Å². The van der Waals surface area contributed by atoms with Crippen molar-refractivity contribution in [3.63, 3.8) is 0 Å². The van der Waals surface area contributed by atoms with E-state index in [1.807, 2.05) is 0 Å². The van der Waals surface area contributed by atoms with E-state index in [2.05, 4.69) is 5.32 Å². The number of amides is 2. The third kappa shape index (κ3) is 2.73. The molecule has 1 unspecified atom stereocenters. The fraction of sp³-hybridized carbons (Fsp3) is 0.333. The summed E-state index contributed by atoms with van der Waals surface area (Å²) in [5.74, 6) is -0.0261. The highest BCUT2D eigenvalue weighted by atomic mass is 16.7. The fourth-order valence-electron chi connectivity index (χ4n) is 2.47. The maximum Gasteiger partial charge on any atom is 0.277 e. The van der Waals surface area contributed by atoms with Gasteiger partial charge in [-0.15, -0.1) is 0 Å². The molecule has 2 heterocycles. The molecule has 0 bridgehead atoms. The van der Waals surface area contributed by atoms with E-state index >= 15 is 0 Å². The molecule has 3 N–H and O–H groups in total. The zero-order valence-corrected chi connectivity index (χ0v) is 12.4. The minimum Gasteiger partial charge on any atom is -0.454 e. The highest BCUT2D eigenvalue weighted by molar-refractivity contribution is 6.17. The average Bonchev–Trinajstić information content (AvgIpc) is 3.06. The van der Waals surface area contributed by atoms with Gasteiger partial charge in [0.25, 0.3) is 11.8 Å². The molecular weight excluding hydrogens is 304 g/mol. The normalized spacial score (nSPS) is 17.5. The summed E-state index contributed by atoms with van der Waals surface area (Å²) in [5.41, 5.74) is 1.03. The van der Waals surface area contributed by atoms with Crippen LogP contribution in [0.3, 0.4) is 0 Å². The van der Waals surface area contributed by atoms with Crippen molar-refractivity contribution in [3.05, 3.63) is 29.5 Å². The predicted octanol–water partition coefficient (Wildman–Crippen LogP) is 0.125. The lowest BCUT2D eigenvalue weighted by atomic mass is 10.1. The number of aliphatic hydroxyl groups excluding tert-OH is 2. The third-order valence-corrected chi connectivity index (χ3v) is 3.60. The molecule has 0 saturated carbocycles. The molecular formula is C15H16N2O6. The predicted molar refractivity (Wildman–Crippen MR) is 78.7 cm³/mol. The summed E-state index contributed by atoms with van der Waals surface area (Å²) in [6.45, 7) is 1.30. The van der Waals surface area contributed by atoms with Crippen molar-refractivity contribution in [1.29, 1.82) is 0 Å². The van der Waals surface area contributed by atoms with Crippen molar-refractivity contribution in [1.82, 2.24) is 4.90 Å². The average molecular weight is 320 g/mol. The Kier molecular flexibility index (Phi) is 3.93. The number of nitrogens with zero attached hydrogens (tertiary/aromatic N) is 1. The van der Waals surface area contributed by atoms with Crippen LogP contribution in [0.2, 0.25) is 0 Å². The Bertz CT molecular complexity index is 697. The Morgan fingerprint density at radius 2 is 2.00 bits per heavy atom. The van der Waals surface area contributed by atoms with Crippen LogP contribution in [0.4, 0.5) is 5.69 Å². The highest BCUT2D eigenvalue weighted by Crippen LogP contribution is 2.39. The summed E-state index contributed by atoms with van der Waals surface area (Å²) in [6, 6.07) is 3.24. The van der Waals surface area contributed by atoms with Gasteiger partial charge in [0.2, 0.25) is 6.79 Å². The lowest BCUT2D eigenvalue weighted by molar-refractivity contribution is -0.137. The molecule has 2 aliphatic heterocycles. The molecule has 1 aromatic carbocycles. The van der Waals surface area contributed by atoms with Crippen LogP contribution in [-0.2, 0) is 9.59 Å². The third-order valence-electron chi connectivity index (χ3n) is 3.60. The van der Waals surface area contributed by atoms with Crippen molar-refractivity contribution < 1.29 is 29.3 Å². The summed E-state index contributed by atoms with van der Waals surface area (Å²) < 4.78 is 10.6. The number of nitrogens with one attached hydrogen (secondary N) is 1. The largest absolute Gasteiger partial charge is 0.454 e. The number of hydrogen-bond donors (Lipinski definition) is 3. The molecule has 8 heteroatoms. The standard InChI is InChI=1S/C15H16N2O6/c1-8(19)9-4-12-13(23-7-22-12)5-10(9)16-11-6-14(20)17(2-3-18)15(11)21/h4-6,8,16,18-19H,2-3,7H2,1H3. The van der Waals surface area contributed by atoms with Crippen molar-refractivity contribution in [2.24, 2.45) is 0 Å². The molecule has 122 valence electrons. The molecule has 0 spiro atoms. The van der Waals surface area contributed by atoms with E-state index in [4.69, 9.17) is 14.6 Å². The van der Waals surface area contributed by atoms with Gasteiger partial charge in [-0.2, -0.15) is 0 Å². The van der Waals surface area contributed by atoms with Crippen LogP contribution in [0.1, 0.15) is 18.6 Å². The summed E-state index contributed by atoms with van der Waals surface area (Å²) in [5, 5.41) is 21.7. The van der Waals surface area contributed by atoms with Gasteiger partial charge in [0.15, 0.2) is 11.5 Å². The van der Waals surface area contributed by atoms with Crippen LogP contribution >= 0.6 is 0 Å². The number of fused-ring (bicyclic) bond motifs is 1. The van der Waals surface area contributed by atoms with E-state index < -0.39 is 17.9 Å². The van der Waals surface area contributed by atoms with Gasteiger partial charge >= 0.3 is 0 Å². The molecule has 3 rings (SSSR count). The van der Waals surface area contributed by atoms with Gasteiger partial charge in [0, 0.05) is 23.4 Å². The van der Waals surface area contributed by atoms with Gasteiger partial charge in [-0.1, -0.05) is 0 Å². The molecule has 2 amide bonds. The van der Waals surface area contributed by atoms with Crippen molar-refractivity contribution in [3.8, 4) is 11.5 Å². The SMILES string of the molecule is CC(O)c1cc2c(cc1NC1=CC(=O)N(CCO)C1=O)OCO2. The number of hydrogen-bond acceptors (Lipinski definition) is 7. The van der Waals surface area contributed by atoms with E-state index in [0.29, 0.717) is 22.7 Å². The molecule has 8 nitrogen and oxygen atoms in total. The first-order valence-corrected chi connectivity index (χ1v) is 7.08. The first-order valence-electron chi connectivity index (χ1n) is 7.08. The second-order valence-corrected chi connectivity index (χ2v) is 5.17. The fourth-order valence-corrected chi connectivity index (χ4v) is 2.47. The topological polar surface area (TPSA) is 108 Å². The van der Waals surface area contributed by atoms with Crippen molar-refractivity contribution >= 4 is 17.5 Å². The Morgan fingerprint density at radius 1 is 1.30 bits per heavy atom. The smallest absolute Gasteiger partial charge is 0.277 e. The van der Waals surface area contributed by atoms with Crippen LogP contribution in [0.25, 0.3) is 0 Å². The molecule has 0 radical (unpaired) electrons. The number of carbonyl (C=O) groups is 2. The maximum atomic E-state index is 12.2. The number of rotatable bonds is 5. The van der Waals surface area contributed by atoms with E-state index in [0.717, 1.165) is 11.0 Å². The minimum atomic E-state index is -0.812. The lowest BCUT2D eigenvalue weighted by Crippen LogP contribution is -2.34. The number of benzene rings is 1.